The number of amides is 2. The number of hydrogen-bond acceptors (Lipinski definition) is 4. The molecular formula is C16H20N2O5. The maximum absolute atomic E-state index is 12.0. The van der Waals surface area contributed by atoms with E-state index in [9.17, 15) is 14.4 Å². The summed E-state index contributed by atoms with van der Waals surface area (Å²) in [5, 5.41) is 14.0. The molecule has 2 rings (SSSR count). The van der Waals surface area contributed by atoms with Gasteiger partial charge in [0.25, 0.3) is 5.91 Å². The van der Waals surface area contributed by atoms with Gasteiger partial charge in [0.05, 0.1) is 13.7 Å². The highest BCUT2D eigenvalue weighted by Gasteiger charge is 2.30. The van der Waals surface area contributed by atoms with E-state index in [1.165, 1.54) is 7.11 Å². The molecule has 1 atom stereocenters. The predicted molar refractivity (Wildman–Crippen MR) is 82.2 cm³/mol. The number of rotatable bonds is 8. The number of ether oxygens (including phenoxy) is 1. The van der Waals surface area contributed by atoms with Gasteiger partial charge in [0.2, 0.25) is 5.91 Å². The molecular weight excluding hydrogens is 300 g/mol. The summed E-state index contributed by atoms with van der Waals surface area (Å²) >= 11 is 0. The molecule has 0 saturated heterocycles. The van der Waals surface area contributed by atoms with Crippen molar-refractivity contribution in [2.24, 2.45) is 5.92 Å². The third-order valence-electron chi connectivity index (χ3n) is 3.64. The highest BCUT2D eigenvalue weighted by molar-refractivity contribution is 5.97. The van der Waals surface area contributed by atoms with Gasteiger partial charge in [0.1, 0.15) is 11.8 Å². The van der Waals surface area contributed by atoms with E-state index in [2.05, 4.69) is 10.6 Å². The summed E-state index contributed by atoms with van der Waals surface area (Å²) in [6.45, 7) is -0.273. The summed E-state index contributed by atoms with van der Waals surface area (Å²) in [4.78, 5) is 34.9. The highest BCUT2D eigenvalue weighted by Crippen LogP contribution is 2.33. The maximum Gasteiger partial charge on any atom is 0.326 e. The minimum absolute atomic E-state index is 0.273. The van der Waals surface area contributed by atoms with Gasteiger partial charge >= 0.3 is 5.97 Å². The Kier molecular flexibility index (Phi) is 5.56. The fourth-order valence-corrected chi connectivity index (χ4v) is 2.18. The van der Waals surface area contributed by atoms with Crippen molar-refractivity contribution in [3.63, 3.8) is 0 Å². The largest absolute Gasteiger partial charge is 0.497 e. The maximum atomic E-state index is 12.0. The first kappa shape index (κ1) is 16.8. The molecule has 1 aromatic rings. The van der Waals surface area contributed by atoms with Gasteiger partial charge in [0.15, 0.2) is 0 Å². The molecule has 0 radical (unpaired) electrons. The molecule has 7 nitrogen and oxygen atoms in total. The number of carbonyl (C=O) groups is 3. The van der Waals surface area contributed by atoms with E-state index in [1.807, 2.05) is 0 Å². The van der Waals surface area contributed by atoms with Gasteiger partial charge in [-0.3, -0.25) is 9.59 Å². The van der Waals surface area contributed by atoms with Gasteiger partial charge in [-0.05, 0) is 30.5 Å². The van der Waals surface area contributed by atoms with E-state index in [1.54, 1.807) is 24.3 Å². The van der Waals surface area contributed by atoms with Crippen molar-refractivity contribution in [1.29, 1.82) is 0 Å². The van der Waals surface area contributed by atoms with Gasteiger partial charge in [-0.25, -0.2) is 4.79 Å². The minimum atomic E-state index is -1.05. The lowest BCUT2D eigenvalue weighted by Gasteiger charge is -2.14. The first-order valence-electron chi connectivity index (χ1n) is 7.44. The highest BCUT2D eigenvalue weighted by atomic mass is 16.5. The lowest BCUT2D eigenvalue weighted by atomic mass is 10.1. The third kappa shape index (κ3) is 5.28. The second-order valence-electron chi connectivity index (χ2n) is 5.55. The van der Waals surface area contributed by atoms with Crippen LogP contribution in [0.3, 0.4) is 0 Å². The first-order valence-corrected chi connectivity index (χ1v) is 7.44. The zero-order valence-electron chi connectivity index (χ0n) is 12.9. The van der Waals surface area contributed by atoms with Crippen LogP contribution < -0.4 is 15.4 Å². The number of carbonyl (C=O) groups excluding carboxylic acids is 2. The lowest BCUT2D eigenvalue weighted by Crippen LogP contribution is -2.45. The minimum Gasteiger partial charge on any atom is -0.497 e. The van der Waals surface area contributed by atoms with Crippen LogP contribution in [-0.4, -0.2) is 42.6 Å². The molecule has 0 bridgehead atoms. The van der Waals surface area contributed by atoms with Crippen molar-refractivity contribution in [2.45, 2.75) is 25.3 Å². The Hall–Kier alpha value is -2.57. The molecule has 1 fully saturated rings. The monoisotopic (exact) mass is 320 g/mol. The van der Waals surface area contributed by atoms with Crippen molar-refractivity contribution in [2.75, 3.05) is 13.7 Å². The van der Waals surface area contributed by atoms with Crippen LogP contribution in [0.4, 0.5) is 0 Å². The Balaban J connectivity index is 1.82. The van der Waals surface area contributed by atoms with Crippen LogP contribution in [0.2, 0.25) is 0 Å². The number of methoxy groups -OCH3 is 1. The zero-order valence-corrected chi connectivity index (χ0v) is 12.9. The number of nitrogens with one attached hydrogen (secondary N) is 2. The lowest BCUT2D eigenvalue weighted by molar-refractivity contribution is -0.142. The average Bonchev–Trinajstić information content (AvgIpc) is 3.36. The van der Waals surface area contributed by atoms with Gasteiger partial charge < -0.3 is 20.5 Å². The second-order valence-corrected chi connectivity index (χ2v) is 5.55. The average molecular weight is 320 g/mol. The summed E-state index contributed by atoms with van der Waals surface area (Å²) in [5.41, 5.74) is 0.366. The van der Waals surface area contributed by atoms with Crippen LogP contribution >= 0.6 is 0 Å². The Labute approximate surface area is 134 Å². The number of carboxylic acid groups (broad SMARTS) is 1. The van der Waals surface area contributed by atoms with Crippen LogP contribution in [0.1, 0.15) is 29.6 Å². The van der Waals surface area contributed by atoms with Crippen LogP contribution in [0, 0.1) is 5.92 Å². The van der Waals surface area contributed by atoms with E-state index in [-0.39, 0.29) is 6.54 Å². The van der Waals surface area contributed by atoms with Crippen molar-refractivity contribution < 1.29 is 24.2 Å². The molecule has 124 valence electrons. The molecule has 0 spiro atoms. The van der Waals surface area contributed by atoms with Gasteiger partial charge in [-0.1, -0.05) is 18.9 Å². The van der Waals surface area contributed by atoms with Gasteiger partial charge in [-0.2, -0.15) is 0 Å². The number of carboxylic acids is 1. The quantitative estimate of drug-likeness (QED) is 0.657. The summed E-state index contributed by atoms with van der Waals surface area (Å²) in [5.74, 6) is -1.08. The Morgan fingerprint density at radius 3 is 2.70 bits per heavy atom. The molecule has 1 aliphatic carbocycles. The van der Waals surface area contributed by atoms with Gasteiger partial charge in [-0.15, -0.1) is 0 Å². The molecule has 0 aliphatic heterocycles. The standard InChI is InChI=1S/C16H20N2O5/c1-23-12-4-2-3-11(8-12)15(20)17-9-14(19)18-13(16(21)22)7-10-5-6-10/h2-4,8,10,13H,5-7,9H2,1H3,(H,17,20)(H,18,19)(H,21,22). The fourth-order valence-electron chi connectivity index (χ4n) is 2.18. The molecule has 23 heavy (non-hydrogen) atoms. The molecule has 1 unspecified atom stereocenters. The molecule has 7 heteroatoms. The predicted octanol–water partition coefficient (Wildman–Crippen LogP) is 0.794. The Bertz CT molecular complexity index is 598. The van der Waals surface area contributed by atoms with Crippen LogP contribution in [0.25, 0.3) is 0 Å². The van der Waals surface area contributed by atoms with Crippen LogP contribution in [0.15, 0.2) is 24.3 Å². The van der Waals surface area contributed by atoms with Gasteiger partial charge in [0, 0.05) is 5.56 Å². The van der Waals surface area contributed by atoms with Crippen molar-refractivity contribution in [3.8, 4) is 5.75 Å². The van der Waals surface area contributed by atoms with E-state index in [0.717, 1.165) is 12.8 Å². The van der Waals surface area contributed by atoms with E-state index < -0.39 is 23.8 Å². The van der Waals surface area contributed by atoms with Crippen molar-refractivity contribution >= 4 is 17.8 Å². The normalized spacial score (nSPS) is 14.7. The van der Waals surface area contributed by atoms with E-state index in [4.69, 9.17) is 9.84 Å². The smallest absolute Gasteiger partial charge is 0.326 e. The Morgan fingerprint density at radius 1 is 1.35 bits per heavy atom. The first-order chi connectivity index (χ1) is 11.0. The van der Waals surface area contributed by atoms with Crippen LogP contribution in [-0.2, 0) is 9.59 Å². The van der Waals surface area contributed by atoms with E-state index >= 15 is 0 Å². The van der Waals surface area contributed by atoms with Crippen molar-refractivity contribution in [3.05, 3.63) is 29.8 Å². The number of benzene rings is 1. The Morgan fingerprint density at radius 2 is 2.09 bits per heavy atom. The zero-order chi connectivity index (χ0) is 16.8. The third-order valence-corrected chi connectivity index (χ3v) is 3.64. The topological polar surface area (TPSA) is 105 Å². The summed E-state index contributed by atoms with van der Waals surface area (Å²) in [7, 11) is 1.50. The summed E-state index contributed by atoms with van der Waals surface area (Å²) in [6, 6.07) is 5.63. The SMILES string of the molecule is COc1cccc(C(=O)NCC(=O)NC(CC2CC2)C(=O)O)c1. The molecule has 1 aromatic carbocycles. The fraction of sp³-hybridized carbons (Fsp3) is 0.438. The van der Waals surface area contributed by atoms with E-state index in [0.29, 0.717) is 23.7 Å². The van der Waals surface area contributed by atoms with Crippen molar-refractivity contribution in [1.82, 2.24) is 10.6 Å². The molecule has 1 aliphatic rings. The van der Waals surface area contributed by atoms with Crippen LogP contribution in [0.5, 0.6) is 5.75 Å². The summed E-state index contributed by atoms with van der Waals surface area (Å²) in [6.07, 6.45) is 2.45. The summed E-state index contributed by atoms with van der Waals surface area (Å²) < 4.78 is 5.03. The molecule has 1 saturated carbocycles. The molecule has 3 N–H and O–H groups in total. The number of hydrogen-bond donors (Lipinski definition) is 3. The number of aliphatic carboxylic acids is 1. The molecule has 0 heterocycles. The molecule has 2 amide bonds. The second kappa shape index (κ2) is 7.62. The molecule has 0 aromatic heterocycles.